The number of hydrogen-bond donors (Lipinski definition) is 0. The highest BCUT2D eigenvalue weighted by atomic mass is 32.2. The molecule has 0 bridgehead atoms. The van der Waals surface area contributed by atoms with E-state index in [1.807, 2.05) is 31.2 Å². The molecule has 174 valence electrons. The Labute approximate surface area is 196 Å². The first-order chi connectivity index (χ1) is 15.9. The van der Waals surface area contributed by atoms with Gasteiger partial charge in [-0.15, -0.1) is 0 Å². The third-order valence-electron chi connectivity index (χ3n) is 5.50. The first kappa shape index (κ1) is 23.3. The molecule has 2 heterocycles. The SMILES string of the molecule is CCN(C(=O)COC(=O)c1ccccc1S(=O)(=O)N1CCCCC1)c1nc2ccccc2s1. The molecule has 0 spiro atoms. The lowest BCUT2D eigenvalue weighted by Gasteiger charge is -2.26. The normalized spacial score (nSPS) is 14.8. The molecular weight excluding hydrogens is 462 g/mol. The zero-order valence-corrected chi connectivity index (χ0v) is 19.9. The number of esters is 1. The van der Waals surface area contributed by atoms with Gasteiger partial charge in [0.1, 0.15) is 0 Å². The molecule has 0 atom stereocenters. The largest absolute Gasteiger partial charge is 0.452 e. The summed E-state index contributed by atoms with van der Waals surface area (Å²) >= 11 is 1.38. The standard InChI is InChI=1S/C23H25N3O5S2/c1-2-26(23-24-18-11-5-6-12-19(18)32-23)21(27)16-31-22(28)17-10-4-7-13-20(17)33(29,30)25-14-8-3-9-15-25/h4-7,10-13H,2-3,8-9,14-16H2,1H3. The van der Waals surface area contributed by atoms with Crippen molar-refractivity contribution < 1.29 is 22.7 Å². The minimum absolute atomic E-state index is 0.0705. The third-order valence-corrected chi connectivity index (χ3v) is 8.51. The predicted octanol–water partition coefficient (Wildman–Crippen LogP) is 3.68. The fourth-order valence-electron chi connectivity index (χ4n) is 3.78. The minimum Gasteiger partial charge on any atom is -0.452 e. The summed E-state index contributed by atoms with van der Waals surface area (Å²) in [5, 5.41) is 0.521. The predicted molar refractivity (Wildman–Crippen MR) is 127 cm³/mol. The molecule has 1 aliphatic rings. The number of likely N-dealkylation sites (N-methyl/N-ethyl adjacent to an activating group) is 1. The lowest BCUT2D eigenvalue weighted by molar-refractivity contribution is -0.121. The van der Waals surface area contributed by atoms with Crippen molar-refractivity contribution in [1.82, 2.24) is 9.29 Å². The number of fused-ring (bicyclic) bond motifs is 1. The number of para-hydroxylation sites is 1. The highest BCUT2D eigenvalue weighted by Crippen LogP contribution is 2.29. The maximum Gasteiger partial charge on any atom is 0.340 e. The summed E-state index contributed by atoms with van der Waals surface area (Å²) in [5.41, 5.74) is 0.719. The van der Waals surface area contributed by atoms with Crippen molar-refractivity contribution in [2.75, 3.05) is 31.1 Å². The van der Waals surface area contributed by atoms with Crippen LogP contribution in [0.25, 0.3) is 10.2 Å². The quantitative estimate of drug-likeness (QED) is 0.472. The number of aromatic nitrogens is 1. The topological polar surface area (TPSA) is 96.9 Å². The van der Waals surface area contributed by atoms with Crippen LogP contribution in [0.5, 0.6) is 0 Å². The van der Waals surface area contributed by atoms with Gasteiger partial charge in [0.2, 0.25) is 10.0 Å². The van der Waals surface area contributed by atoms with Crippen molar-refractivity contribution in [3.63, 3.8) is 0 Å². The minimum atomic E-state index is -3.83. The van der Waals surface area contributed by atoms with Crippen LogP contribution in [0.3, 0.4) is 0 Å². The lowest BCUT2D eigenvalue weighted by Crippen LogP contribution is -2.37. The molecule has 8 nitrogen and oxygen atoms in total. The number of piperidine rings is 1. The number of benzene rings is 2. The Balaban J connectivity index is 1.49. The van der Waals surface area contributed by atoms with E-state index in [0.29, 0.717) is 24.8 Å². The highest BCUT2D eigenvalue weighted by molar-refractivity contribution is 7.89. The molecule has 1 aliphatic heterocycles. The van der Waals surface area contributed by atoms with Gasteiger partial charge in [-0.1, -0.05) is 42.0 Å². The van der Waals surface area contributed by atoms with Gasteiger partial charge in [-0.05, 0) is 44.0 Å². The maximum atomic E-state index is 13.1. The number of amides is 1. The first-order valence-corrected chi connectivity index (χ1v) is 13.1. The van der Waals surface area contributed by atoms with Crippen LogP contribution in [0.4, 0.5) is 5.13 Å². The van der Waals surface area contributed by atoms with E-state index in [1.165, 1.54) is 32.7 Å². The number of ether oxygens (including phenoxy) is 1. The molecule has 2 aromatic carbocycles. The van der Waals surface area contributed by atoms with Gasteiger partial charge in [-0.3, -0.25) is 9.69 Å². The molecule has 1 fully saturated rings. The number of nitrogens with zero attached hydrogens (tertiary/aromatic N) is 3. The first-order valence-electron chi connectivity index (χ1n) is 10.8. The summed E-state index contributed by atoms with van der Waals surface area (Å²) in [6, 6.07) is 13.5. The van der Waals surface area contributed by atoms with Crippen LogP contribution in [0.15, 0.2) is 53.4 Å². The number of hydrogen-bond acceptors (Lipinski definition) is 7. The van der Waals surface area contributed by atoms with Gasteiger partial charge in [0.05, 0.1) is 20.7 Å². The number of rotatable bonds is 7. The molecule has 1 amide bonds. The molecule has 3 aromatic rings. The van der Waals surface area contributed by atoms with Crippen LogP contribution in [0, 0.1) is 0 Å². The van der Waals surface area contributed by atoms with Gasteiger partial charge in [-0.25, -0.2) is 18.2 Å². The summed E-state index contributed by atoms with van der Waals surface area (Å²) in [4.78, 5) is 31.4. The van der Waals surface area contributed by atoms with Crippen molar-refractivity contribution in [3.8, 4) is 0 Å². The van der Waals surface area contributed by atoms with Gasteiger partial charge in [0.15, 0.2) is 11.7 Å². The fourth-order valence-corrected chi connectivity index (χ4v) is 6.52. The smallest absolute Gasteiger partial charge is 0.340 e. The summed E-state index contributed by atoms with van der Waals surface area (Å²) < 4.78 is 33.8. The van der Waals surface area contributed by atoms with Crippen LogP contribution in [0.1, 0.15) is 36.5 Å². The second-order valence-electron chi connectivity index (χ2n) is 7.64. The molecule has 33 heavy (non-hydrogen) atoms. The number of carbonyl (C=O) groups is 2. The Morgan fingerprint density at radius 1 is 1.06 bits per heavy atom. The van der Waals surface area contributed by atoms with E-state index >= 15 is 0 Å². The number of thiazole rings is 1. The summed E-state index contributed by atoms with van der Waals surface area (Å²) in [6.45, 7) is 2.51. The Hall–Kier alpha value is -2.82. The summed E-state index contributed by atoms with van der Waals surface area (Å²) in [6.07, 6.45) is 2.57. The molecule has 0 saturated carbocycles. The van der Waals surface area contributed by atoms with Crippen LogP contribution in [-0.2, 0) is 19.6 Å². The molecule has 0 radical (unpaired) electrons. The van der Waals surface area contributed by atoms with Crippen LogP contribution in [-0.4, -0.2) is 55.8 Å². The summed E-state index contributed by atoms with van der Waals surface area (Å²) in [5.74, 6) is -1.28. The number of sulfonamides is 1. The van der Waals surface area contributed by atoms with Gasteiger partial charge >= 0.3 is 5.97 Å². The molecule has 0 unspecified atom stereocenters. The Morgan fingerprint density at radius 3 is 2.48 bits per heavy atom. The number of carbonyl (C=O) groups excluding carboxylic acids is 2. The second-order valence-corrected chi connectivity index (χ2v) is 10.6. The second kappa shape index (κ2) is 9.98. The van der Waals surface area contributed by atoms with Crippen LogP contribution >= 0.6 is 11.3 Å². The van der Waals surface area contributed by atoms with Crippen LogP contribution in [0.2, 0.25) is 0 Å². The van der Waals surface area contributed by atoms with Gasteiger partial charge in [0.25, 0.3) is 5.91 Å². The maximum absolute atomic E-state index is 13.1. The summed E-state index contributed by atoms with van der Waals surface area (Å²) in [7, 11) is -3.83. The van der Waals surface area contributed by atoms with Crippen LogP contribution < -0.4 is 4.90 Å². The average molecular weight is 488 g/mol. The van der Waals surface area contributed by atoms with E-state index < -0.39 is 28.5 Å². The third kappa shape index (κ3) is 4.92. The van der Waals surface area contributed by atoms with E-state index in [1.54, 1.807) is 12.1 Å². The Bertz CT molecular complexity index is 1230. The molecule has 0 N–H and O–H groups in total. The van der Waals surface area contributed by atoms with Crippen molar-refractivity contribution >= 4 is 48.6 Å². The van der Waals surface area contributed by atoms with Crippen molar-refractivity contribution in [1.29, 1.82) is 0 Å². The van der Waals surface area contributed by atoms with E-state index in [9.17, 15) is 18.0 Å². The molecule has 1 saturated heterocycles. The van der Waals surface area contributed by atoms with Crippen molar-refractivity contribution in [2.24, 2.45) is 0 Å². The van der Waals surface area contributed by atoms with Gasteiger partial charge in [0, 0.05) is 19.6 Å². The molecule has 0 aliphatic carbocycles. The van der Waals surface area contributed by atoms with E-state index in [-0.39, 0.29) is 10.5 Å². The lowest BCUT2D eigenvalue weighted by atomic mass is 10.2. The highest BCUT2D eigenvalue weighted by Gasteiger charge is 2.30. The van der Waals surface area contributed by atoms with E-state index in [4.69, 9.17) is 4.74 Å². The van der Waals surface area contributed by atoms with Crippen molar-refractivity contribution in [2.45, 2.75) is 31.1 Å². The average Bonchev–Trinajstić information content (AvgIpc) is 3.27. The zero-order chi connectivity index (χ0) is 23.4. The van der Waals surface area contributed by atoms with Crippen molar-refractivity contribution in [3.05, 3.63) is 54.1 Å². The fraction of sp³-hybridized carbons (Fsp3) is 0.348. The molecule has 4 rings (SSSR count). The van der Waals surface area contributed by atoms with Gasteiger partial charge in [-0.2, -0.15) is 4.31 Å². The Morgan fingerprint density at radius 2 is 1.76 bits per heavy atom. The monoisotopic (exact) mass is 487 g/mol. The zero-order valence-electron chi connectivity index (χ0n) is 18.3. The van der Waals surface area contributed by atoms with Gasteiger partial charge < -0.3 is 4.74 Å². The Kier molecular flexibility index (Phi) is 7.06. The van der Waals surface area contributed by atoms with E-state index in [2.05, 4.69) is 4.98 Å². The molecular formula is C23H25N3O5S2. The van der Waals surface area contributed by atoms with E-state index in [0.717, 1.165) is 29.5 Å². The molecule has 10 heteroatoms. The molecule has 1 aromatic heterocycles. The number of anilines is 1.